The second-order valence-corrected chi connectivity index (χ2v) is 6.52. The van der Waals surface area contributed by atoms with Crippen LogP contribution in [0.5, 0.6) is 0 Å². The largest absolute Gasteiger partial charge is 0.359 e. The Hall–Kier alpha value is -2.24. The lowest BCUT2D eigenvalue weighted by atomic mass is 9.91. The van der Waals surface area contributed by atoms with Crippen LogP contribution in [-0.2, 0) is 33.3 Å². The molecule has 158 valence electrons. The predicted octanol–water partition coefficient (Wildman–Crippen LogP) is 1.56. The monoisotopic (exact) mass is 408 g/mol. The van der Waals surface area contributed by atoms with Crippen LogP contribution < -0.4 is 0 Å². The maximum absolute atomic E-state index is 12.8. The highest BCUT2D eigenvalue weighted by Gasteiger charge is 2.53. The maximum Gasteiger partial charge on any atom is 0.277 e. The van der Waals surface area contributed by atoms with Gasteiger partial charge in [-0.2, -0.15) is 0 Å². The van der Waals surface area contributed by atoms with Gasteiger partial charge in [-0.25, -0.2) is 5.06 Å². The molecule has 2 fully saturated rings. The van der Waals surface area contributed by atoms with Crippen molar-refractivity contribution in [3.05, 3.63) is 46.3 Å². The second-order valence-electron chi connectivity index (χ2n) is 6.52. The third-order valence-electron chi connectivity index (χ3n) is 4.81. The zero-order chi connectivity index (χ0) is 20.8. The molecule has 6 atom stereocenters. The van der Waals surface area contributed by atoms with Gasteiger partial charge in [-0.15, -0.1) is 0 Å². The molecular weight excluding hydrogens is 384 g/mol. The third-order valence-corrected chi connectivity index (χ3v) is 4.81. The van der Waals surface area contributed by atoms with Gasteiger partial charge in [0.05, 0.1) is 19.8 Å². The molecule has 2 heterocycles. The number of rotatable bonds is 7. The van der Waals surface area contributed by atoms with Crippen molar-refractivity contribution in [2.45, 2.75) is 36.7 Å². The van der Waals surface area contributed by atoms with E-state index in [0.717, 1.165) is 10.6 Å². The summed E-state index contributed by atoms with van der Waals surface area (Å²) in [5.41, 5.74) is 9.96. The van der Waals surface area contributed by atoms with Gasteiger partial charge in [0.2, 0.25) is 0 Å². The number of carbonyl (C=O) groups excluding carboxylic acids is 1. The number of amides is 1. The fraction of sp³-hybridized carbons (Fsp3) is 0.611. The first-order chi connectivity index (χ1) is 14.1. The van der Waals surface area contributed by atoms with E-state index in [2.05, 4.69) is 10.0 Å². The summed E-state index contributed by atoms with van der Waals surface area (Å²) in [6.45, 7) is 0.0289. The molecule has 0 saturated carbocycles. The van der Waals surface area contributed by atoms with Gasteiger partial charge in [0.1, 0.15) is 25.1 Å². The fourth-order valence-electron chi connectivity index (χ4n) is 3.37. The van der Waals surface area contributed by atoms with Gasteiger partial charge < -0.3 is 23.7 Å². The molecule has 2 aliphatic heterocycles. The Bertz CT molecular complexity index is 730. The summed E-state index contributed by atoms with van der Waals surface area (Å²) in [4.78, 5) is 20.7. The zero-order valence-corrected chi connectivity index (χ0v) is 16.4. The lowest BCUT2D eigenvalue weighted by Gasteiger charge is -2.47. The number of ether oxygens (including phenoxy) is 5. The average molecular weight is 408 g/mol. The fourth-order valence-corrected chi connectivity index (χ4v) is 3.37. The van der Waals surface area contributed by atoms with Crippen molar-refractivity contribution < 1.29 is 33.3 Å². The van der Waals surface area contributed by atoms with Gasteiger partial charge in [0.15, 0.2) is 12.4 Å². The molecule has 1 aromatic rings. The molecule has 0 N–H and O–H groups in total. The van der Waals surface area contributed by atoms with Crippen molar-refractivity contribution >= 4 is 5.91 Å². The van der Waals surface area contributed by atoms with E-state index in [4.69, 9.17) is 34.1 Å². The molecule has 0 bridgehead atoms. The van der Waals surface area contributed by atoms with Crippen LogP contribution in [0, 0.1) is 0 Å². The second kappa shape index (κ2) is 9.99. The first kappa shape index (κ1) is 21.5. The Morgan fingerprint density at radius 1 is 1.31 bits per heavy atom. The quantitative estimate of drug-likeness (QED) is 0.220. The molecule has 1 amide bonds. The van der Waals surface area contributed by atoms with Gasteiger partial charge in [0, 0.05) is 24.6 Å². The topological polar surface area (TPSA) is 124 Å². The first-order valence-electron chi connectivity index (χ1n) is 9.04. The Morgan fingerprint density at radius 2 is 2.07 bits per heavy atom. The summed E-state index contributed by atoms with van der Waals surface area (Å²) >= 11 is 0. The zero-order valence-electron chi connectivity index (χ0n) is 16.4. The van der Waals surface area contributed by atoms with Crippen molar-refractivity contribution in [3.63, 3.8) is 0 Å². The highest BCUT2D eigenvalue weighted by Crippen LogP contribution is 2.36. The summed E-state index contributed by atoms with van der Waals surface area (Å²) in [6, 6.07) is 8.53. The number of benzene rings is 1. The maximum atomic E-state index is 12.8. The number of hydrogen-bond donors (Lipinski definition) is 0. The van der Waals surface area contributed by atoms with Crippen molar-refractivity contribution in [1.82, 2.24) is 5.06 Å². The van der Waals surface area contributed by atoms with Gasteiger partial charge in [-0.1, -0.05) is 35.4 Å². The number of carbonyl (C=O) groups is 1. The standard InChI is InChI=1S/C18H24N4O7/c1-22(25-3)17(23)16-15(27-10-24-2)13(20-21-19)14-12(28-16)9-26-18(29-14)11-7-5-4-6-8-11/h4-8,12-16,18H,9-10H2,1-3H3/t12?,13-,14-,15?,16+,18?/m0/s1. The molecule has 2 saturated heterocycles. The van der Waals surface area contributed by atoms with Crippen LogP contribution in [0.4, 0.5) is 0 Å². The molecule has 3 rings (SSSR count). The predicted molar refractivity (Wildman–Crippen MR) is 98.1 cm³/mol. The summed E-state index contributed by atoms with van der Waals surface area (Å²) < 4.78 is 28.5. The van der Waals surface area contributed by atoms with Crippen molar-refractivity contribution in [1.29, 1.82) is 0 Å². The smallest absolute Gasteiger partial charge is 0.277 e. The van der Waals surface area contributed by atoms with Crippen molar-refractivity contribution in [3.8, 4) is 0 Å². The van der Waals surface area contributed by atoms with E-state index in [1.807, 2.05) is 30.3 Å². The number of fused-ring (bicyclic) bond motifs is 1. The molecule has 0 aliphatic carbocycles. The Kier molecular flexibility index (Phi) is 7.40. The van der Waals surface area contributed by atoms with E-state index in [0.29, 0.717) is 0 Å². The van der Waals surface area contributed by atoms with Crippen LogP contribution in [-0.4, -0.2) is 76.1 Å². The SMILES string of the molecule is COCOC1[C@@H](N=[N+]=[N-])[C@H]2OC(c3ccccc3)OCC2O[C@H]1C(=O)N(C)OC. The molecule has 2 aliphatic rings. The van der Waals surface area contributed by atoms with Gasteiger partial charge in [-0.3, -0.25) is 9.63 Å². The number of azide groups is 1. The van der Waals surface area contributed by atoms with E-state index in [1.54, 1.807) is 0 Å². The summed E-state index contributed by atoms with van der Waals surface area (Å²) in [6.07, 6.45) is -4.00. The van der Waals surface area contributed by atoms with E-state index in [1.165, 1.54) is 21.3 Å². The summed E-state index contributed by atoms with van der Waals surface area (Å²) in [7, 11) is 4.26. The molecule has 29 heavy (non-hydrogen) atoms. The number of hydroxylamine groups is 2. The normalized spacial score (nSPS) is 31.4. The minimum atomic E-state index is -1.09. The Balaban J connectivity index is 1.88. The van der Waals surface area contributed by atoms with Crippen LogP contribution in [0.2, 0.25) is 0 Å². The molecule has 11 heteroatoms. The first-order valence-corrected chi connectivity index (χ1v) is 9.04. The number of hydrogen-bond acceptors (Lipinski definition) is 8. The van der Waals surface area contributed by atoms with E-state index < -0.39 is 42.7 Å². The molecule has 11 nitrogen and oxygen atoms in total. The van der Waals surface area contributed by atoms with Crippen LogP contribution in [0.3, 0.4) is 0 Å². The number of likely N-dealkylation sites (N-methyl/N-ethyl adjacent to an activating group) is 1. The molecule has 1 aromatic carbocycles. The minimum absolute atomic E-state index is 0.123. The molecular formula is C18H24N4O7. The number of nitrogens with zero attached hydrogens (tertiary/aromatic N) is 4. The van der Waals surface area contributed by atoms with Crippen LogP contribution in [0.1, 0.15) is 11.9 Å². The molecule has 3 unspecified atom stereocenters. The molecule has 0 aromatic heterocycles. The van der Waals surface area contributed by atoms with Gasteiger partial charge >= 0.3 is 0 Å². The lowest BCUT2D eigenvalue weighted by Crippen LogP contribution is -2.64. The summed E-state index contributed by atoms with van der Waals surface area (Å²) in [5.74, 6) is -0.490. The number of methoxy groups -OCH3 is 1. The molecule has 0 spiro atoms. The van der Waals surface area contributed by atoms with Crippen LogP contribution in [0.25, 0.3) is 10.4 Å². The highest BCUT2D eigenvalue weighted by molar-refractivity contribution is 5.80. The highest BCUT2D eigenvalue weighted by atomic mass is 16.7. The van der Waals surface area contributed by atoms with E-state index in [-0.39, 0.29) is 13.4 Å². The third kappa shape index (κ3) is 4.68. The van der Waals surface area contributed by atoms with Crippen molar-refractivity contribution in [2.75, 3.05) is 34.7 Å². The van der Waals surface area contributed by atoms with Crippen molar-refractivity contribution in [2.24, 2.45) is 5.11 Å². The lowest BCUT2D eigenvalue weighted by molar-refractivity contribution is -0.313. The average Bonchev–Trinajstić information content (AvgIpc) is 2.77. The minimum Gasteiger partial charge on any atom is -0.359 e. The van der Waals surface area contributed by atoms with E-state index in [9.17, 15) is 4.79 Å². The van der Waals surface area contributed by atoms with Gasteiger partial charge in [-0.05, 0) is 5.53 Å². The summed E-state index contributed by atoms with van der Waals surface area (Å²) in [5, 5.41) is 4.90. The van der Waals surface area contributed by atoms with Crippen LogP contribution in [0.15, 0.2) is 35.4 Å². The molecule has 0 radical (unpaired) electrons. The van der Waals surface area contributed by atoms with Gasteiger partial charge in [0.25, 0.3) is 5.91 Å². The Morgan fingerprint density at radius 3 is 2.72 bits per heavy atom. The van der Waals surface area contributed by atoms with E-state index >= 15 is 0 Å². The Labute approximate surface area is 167 Å². The van der Waals surface area contributed by atoms with Crippen LogP contribution >= 0.6 is 0 Å².